The zero-order chi connectivity index (χ0) is 13.0. The number of ether oxygens (including phenoxy) is 2. The lowest BCUT2D eigenvalue weighted by Gasteiger charge is -2.09. The summed E-state index contributed by atoms with van der Waals surface area (Å²) in [6.45, 7) is 0. The van der Waals surface area contributed by atoms with E-state index >= 15 is 0 Å². The highest BCUT2D eigenvalue weighted by molar-refractivity contribution is 7.13. The fourth-order valence-corrected chi connectivity index (χ4v) is 1.97. The normalized spacial score (nSPS) is 9.89. The van der Waals surface area contributed by atoms with Crippen molar-refractivity contribution in [2.45, 2.75) is 0 Å². The molecule has 1 aromatic heterocycles. The molecule has 18 heavy (non-hydrogen) atoms. The Morgan fingerprint density at radius 3 is 2.78 bits per heavy atom. The average Bonchev–Trinajstić information content (AvgIpc) is 2.90. The van der Waals surface area contributed by atoms with Crippen LogP contribution in [0.2, 0.25) is 0 Å². The molecule has 0 saturated carbocycles. The number of nitrogens with one attached hydrogen (secondary N) is 1. The van der Waals surface area contributed by atoms with Crippen LogP contribution in [-0.2, 0) is 0 Å². The Labute approximate surface area is 108 Å². The summed E-state index contributed by atoms with van der Waals surface area (Å²) in [6.07, 6.45) is 1.63. The number of benzene rings is 1. The molecule has 1 aromatic carbocycles. The SMILES string of the molecule is COc1ccc(OC)c(C(=O)Nc2nccs2)c1. The predicted octanol–water partition coefficient (Wildman–Crippen LogP) is 2.41. The lowest BCUT2D eigenvalue weighted by atomic mass is 10.2. The number of rotatable bonds is 4. The molecular weight excluding hydrogens is 252 g/mol. The van der Waals surface area contributed by atoms with Crippen LogP contribution in [0.4, 0.5) is 5.13 Å². The van der Waals surface area contributed by atoms with E-state index in [2.05, 4.69) is 10.3 Å². The Bertz CT molecular complexity index is 540. The maximum Gasteiger partial charge on any atom is 0.261 e. The minimum absolute atomic E-state index is 0.277. The summed E-state index contributed by atoms with van der Waals surface area (Å²) >= 11 is 1.35. The highest BCUT2D eigenvalue weighted by Gasteiger charge is 2.14. The van der Waals surface area contributed by atoms with Crippen molar-refractivity contribution in [2.24, 2.45) is 0 Å². The van der Waals surface area contributed by atoms with E-state index in [1.165, 1.54) is 18.4 Å². The van der Waals surface area contributed by atoms with Crippen molar-refractivity contribution >= 4 is 22.4 Å². The molecule has 1 N–H and O–H groups in total. The third-order valence-electron chi connectivity index (χ3n) is 2.30. The van der Waals surface area contributed by atoms with Crippen molar-refractivity contribution in [3.8, 4) is 11.5 Å². The minimum atomic E-state index is -0.277. The number of aromatic nitrogens is 1. The Balaban J connectivity index is 2.27. The summed E-state index contributed by atoms with van der Waals surface area (Å²) in [5.41, 5.74) is 0.409. The first-order valence-corrected chi connectivity index (χ1v) is 6.05. The van der Waals surface area contributed by atoms with Crippen LogP contribution in [0.25, 0.3) is 0 Å². The molecule has 2 aromatic rings. The van der Waals surface area contributed by atoms with E-state index in [4.69, 9.17) is 9.47 Å². The molecule has 0 spiro atoms. The fraction of sp³-hybridized carbons (Fsp3) is 0.167. The number of nitrogens with zero attached hydrogens (tertiary/aromatic N) is 1. The molecule has 1 heterocycles. The van der Waals surface area contributed by atoms with E-state index in [0.717, 1.165) is 0 Å². The Hall–Kier alpha value is -2.08. The standard InChI is InChI=1S/C12H12N2O3S/c1-16-8-3-4-10(17-2)9(7-8)11(15)14-12-13-5-6-18-12/h3-7H,1-2H3,(H,13,14,15). The first kappa shape index (κ1) is 12.4. The zero-order valence-corrected chi connectivity index (χ0v) is 10.8. The van der Waals surface area contributed by atoms with Crippen LogP contribution in [0.5, 0.6) is 11.5 Å². The van der Waals surface area contributed by atoms with E-state index in [1.807, 2.05) is 0 Å². The average molecular weight is 264 g/mol. The van der Waals surface area contributed by atoms with Gasteiger partial charge in [-0.1, -0.05) is 0 Å². The lowest BCUT2D eigenvalue weighted by molar-refractivity contribution is 0.102. The zero-order valence-electron chi connectivity index (χ0n) is 9.97. The molecule has 0 unspecified atom stereocenters. The predicted molar refractivity (Wildman–Crippen MR) is 69.6 cm³/mol. The van der Waals surface area contributed by atoms with Crippen molar-refractivity contribution in [1.82, 2.24) is 4.98 Å². The van der Waals surface area contributed by atoms with E-state index in [9.17, 15) is 4.79 Å². The third-order valence-corrected chi connectivity index (χ3v) is 2.99. The molecule has 1 amide bonds. The molecule has 0 radical (unpaired) electrons. The quantitative estimate of drug-likeness (QED) is 0.921. The minimum Gasteiger partial charge on any atom is -0.497 e. The number of anilines is 1. The summed E-state index contributed by atoms with van der Waals surface area (Å²) in [7, 11) is 3.06. The van der Waals surface area contributed by atoms with Crippen molar-refractivity contribution in [3.63, 3.8) is 0 Å². The number of methoxy groups -OCH3 is 2. The van der Waals surface area contributed by atoms with Crippen LogP contribution in [0.3, 0.4) is 0 Å². The van der Waals surface area contributed by atoms with Gasteiger partial charge in [-0.05, 0) is 18.2 Å². The van der Waals surface area contributed by atoms with Crippen LogP contribution in [0, 0.1) is 0 Å². The second-order valence-corrected chi connectivity index (χ2v) is 4.25. The summed E-state index contributed by atoms with van der Waals surface area (Å²) in [4.78, 5) is 16.1. The van der Waals surface area contributed by atoms with Gasteiger partial charge >= 0.3 is 0 Å². The fourth-order valence-electron chi connectivity index (χ4n) is 1.44. The van der Waals surface area contributed by atoms with Gasteiger partial charge in [-0.25, -0.2) is 4.98 Å². The topological polar surface area (TPSA) is 60.5 Å². The second-order valence-electron chi connectivity index (χ2n) is 3.36. The van der Waals surface area contributed by atoms with Gasteiger partial charge in [-0.2, -0.15) is 0 Å². The number of carbonyl (C=O) groups is 1. The van der Waals surface area contributed by atoms with E-state index in [0.29, 0.717) is 22.2 Å². The molecule has 5 nitrogen and oxygen atoms in total. The molecular formula is C12H12N2O3S. The van der Waals surface area contributed by atoms with Gasteiger partial charge in [0, 0.05) is 11.6 Å². The first-order valence-electron chi connectivity index (χ1n) is 5.17. The number of hydrogen-bond acceptors (Lipinski definition) is 5. The van der Waals surface area contributed by atoms with Gasteiger partial charge in [0.25, 0.3) is 5.91 Å². The highest BCUT2D eigenvalue weighted by Crippen LogP contribution is 2.25. The summed E-state index contributed by atoms with van der Waals surface area (Å²) in [5, 5.41) is 5.03. The van der Waals surface area contributed by atoms with E-state index in [-0.39, 0.29) is 5.91 Å². The number of amides is 1. The van der Waals surface area contributed by atoms with Gasteiger partial charge in [-0.15, -0.1) is 11.3 Å². The molecule has 0 saturated heterocycles. The van der Waals surface area contributed by atoms with Crippen molar-refractivity contribution in [2.75, 3.05) is 19.5 Å². The molecule has 0 aliphatic heterocycles. The largest absolute Gasteiger partial charge is 0.497 e. The van der Waals surface area contributed by atoms with Crippen molar-refractivity contribution in [1.29, 1.82) is 0 Å². The third kappa shape index (κ3) is 2.60. The smallest absolute Gasteiger partial charge is 0.261 e. The Morgan fingerprint density at radius 2 is 2.17 bits per heavy atom. The van der Waals surface area contributed by atoms with Gasteiger partial charge in [0.15, 0.2) is 5.13 Å². The van der Waals surface area contributed by atoms with Crippen LogP contribution in [0.15, 0.2) is 29.8 Å². The molecule has 2 rings (SSSR count). The number of thiazole rings is 1. The van der Waals surface area contributed by atoms with E-state index in [1.54, 1.807) is 36.9 Å². The maximum atomic E-state index is 12.1. The van der Waals surface area contributed by atoms with E-state index < -0.39 is 0 Å². The highest BCUT2D eigenvalue weighted by atomic mass is 32.1. The second kappa shape index (κ2) is 5.50. The van der Waals surface area contributed by atoms with Crippen LogP contribution in [-0.4, -0.2) is 25.1 Å². The molecule has 0 atom stereocenters. The Morgan fingerprint density at radius 1 is 1.33 bits per heavy atom. The summed E-state index contributed by atoms with van der Waals surface area (Å²) in [6, 6.07) is 5.05. The molecule has 0 bridgehead atoms. The van der Waals surface area contributed by atoms with Gasteiger partial charge in [0.2, 0.25) is 0 Å². The van der Waals surface area contributed by atoms with Crippen molar-refractivity contribution in [3.05, 3.63) is 35.3 Å². The maximum absolute atomic E-state index is 12.1. The molecule has 94 valence electrons. The lowest BCUT2D eigenvalue weighted by Crippen LogP contribution is -2.13. The monoisotopic (exact) mass is 264 g/mol. The van der Waals surface area contributed by atoms with Crippen LogP contribution < -0.4 is 14.8 Å². The summed E-state index contributed by atoms with van der Waals surface area (Å²) in [5.74, 6) is 0.811. The number of carbonyl (C=O) groups excluding carboxylic acids is 1. The molecule has 0 fully saturated rings. The van der Waals surface area contributed by atoms with Gasteiger partial charge in [0.05, 0.1) is 19.8 Å². The van der Waals surface area contributed by atoms with Gasteiger partial charge < -0.3 is 9.47 Å². The Kier molecular flexibility index (Phi) is 3.78. The number of hydrogen-bond donors (Lipinski definition) is 1. The van der Waals surface area contributed by atoms with Crippen LogP contribution in [0.1, 0.15) is 10.4 Å². The van der Waals surface area contributed by atoms with Crippen molar-refractivity contribution < 1.29 is 14.3 Å². The molecule has 6 heteroatoms. The molecule has 0 aliphatic carbocycles. The summed E-state index contributed by atoms with van der Waals surface area (Å²) < 4.78 is 10.2. The van der Waals surface area contributed by atoms with Crippen LogP contribution >= 0.6 is 11.3 Å². The van der Waals surface area contributed by atoms with Gasteiger partial charge in [-0.3, -0.25) is 10.1 Å². The van der Waals surface area contributed by atoms with Gasteiger partial charge in [0.1, 0.15) is 11.5 Å². The first-order chi connectivity index (χ1) is 8.74. The molecule has 0 aliphatic rings.